The molecule has 1 aromatic rings. The molecule has 0 fully saturated rings. The molecule has 17 heavy (non-hydrogen) atoms. The number of hydrogen-bond donors (Lipinski definition) is 0. The van der Waals surface area contributed by atoms with Gasteiger partial charge in [-0.2, -0.15) is 20.3 Å². The molecule has 0 aliphatic heterocycles. The van der Waals surface area contributed by atoms with E-state index in [1.165, 1.54) is 17.0 Å². The monoisotopic (exact) mass is 310 g/mol. The second-order valence-electron chi connectivity index (χ2n) is 4.54. The number of rotatable bonds is 3. The van der Waals surface area contributed by atoms with Crippen LogP contribution in [0.2, 0.25) is 0 Å². The molecular weight excluding hydrogens is 281 g/mol. The maximum atomic E-state index is 8.15. The van der Waals surface area contributed by atoms with Gasteiger partial charge in [-0.1, -0.05) is 57.0 Å². The first-order valence-electron chi connectivity index (χ1n) is 6.70. The van der Waals surface area contributed by atoms with Gasteiger partial charge >= 0.3 is 0 Å². The Bertz CT molecular complexity index is 337. The minimum atomic E-state index is -0.503. The fraction of sp³-hybridized carbons (Fsp3) is 0.562. The topological polar surface area (TPSA) is 0 Å². The summed E-state index contributed by atoms with van der Waals surface area (Å²) in [6, 6.07) is 6.44. The fourth-order valence-corrected chi connectivity index (χ4v) is 1.69. The summed E-state index contributed by atoms with van der Waals surface area (Å²) in [5, 5.41) is 0. The van der Waals surface area contributed by atoms with Crippen LogP contribution in [-0.4, -0.2) is 0 Å². The van der Waals surface area contributed by atoms with Gasteiger partial charge in [-0.25, -0.2) is 0 Å². The molecule has 0 nitrogen and oxygen atoms in total. The third-order valence-corrected chi connectivity index (χ3v) is 2.35. The van der Waals surface area contributed by atoms with E-state index in [1.54, 1.807) is 0 Å². The van der Waals surface area contributed by atoms with E-state index in [2.05, 4.69) is 39.0 Å². The second-order valence-corrected chi connectivity index (χ2v) is 4.54. The number of hydrogen-bond acceptors (Lipinski definition) is 0. The minimum absolute atomic E-state index is 0. The normalized spacial score (nSPS) is 11.2. The van der Waals surface area contributed by atoms with Gasteiger partial charge in [-0.3, -0.25) is 0 Å². The Morgan fingerprint density at radius 3 is 2.18 bits per heavy atom. The molecule has 0 amide bonds. The van der Waals surface area contributed by atoms with Gasteiger partial charge in [-0.05, 0) is 18.4 Å². The van der Waals surface area contributed by atoms with Crippen molar-refractivity contribution in [3.8, 4) is 0 Å². The molecule has 0 aliphatic carbocycles. The molecule has 1 aromatic carbocycles. The maximum absolute atomic E-state index is 8.15. The summed E-state index contributed by atoms with van der Waals surface area (Å²) in [6.07, 6.45) is 0.984. The zero-order chi connectivity index (χ0) is 13.6. The first kappa shape index (κ1) is 17.3. The van der Waals surface area contributed by atoms with Gasteiger partial charge < -0.3 is 5.92 Å². The van der Waals surface area contributed by atoms with Crippen LogP contribution in [0.1, 0.15) is 65.5 Å². The van der Waals surface area contributed by atoms with Crippen LogP contribution in [0, 0.1) is 12.8 Å². The van der Waals surface area contributed by atoms with Gasteiger partial charge in [0.2, 0.25) is 0 Å². The average molecular weight is 310 g/mol. The molecule has 0 spiro atoms. The molecule has 0 N–H and O–H groups in total. The van der Waals surface area contributed by atoms with Gasteiger partial charge in [0, 0.05) is 34.1 Å². The smallest absolute Gasteiger partial charge is 0.0347 e. The van der Waals surface area contributed by atoms with Crippen molar-refractivity contribution in [2.45, 2.75) is 60.8 Å². The SMILES string of the molecule is CC.[3H]C(C)(C)c1cc(C)ccc1C[C-](C)C.[Y]. The van der Waals surface area contributed by atoms with Gasteiger partial charge in [0.15, 0.2) is 0 Å². The Morgan fingerprint density at radius 1 is 1.24 bits per heavy atom. The Morgan fingerprint density at radius 2 is 1.76 bits per heavy atom. The van der Waals surface area contributed by atoms with E-state index in [9.17, 15) is 0 Å². The second kappa shape index (κ2) is 10.3. The largest absolute Gasteiger partial charge is 0.315 e. The fourth-order valence-electron chi connectivity index (χ4n) is 1.69. The van der Waals surface area contributed by atoms with Gasteiger partial charge in [0.25, 0.3) is 0 Å². The summed E-state index contributed by atoms with van der Waals surface area (Å²) in [5.74, 6) is 0.890. The first-order valence-corrected chi connectivity index (χ1v) is 6.20. The van der Waals surface area contributed by atoms with E-state index < -0.39 is 5.89 Å². The molecule has 0 heterocycles. The minimum Gasteiger partial charge on any atom is -0.315 e. The zero-order valence-corrected chi connectivity index (χ0v) is 15.4. The summed E-state index contributed by atoms with van der Waals surface area (Å²) < 4.78 is 8.15. The summed E-state index contributed by atoms with van der Waals surface area (Å²) in [4.78, 5) is 0. The number of aryl methyl sites for hydroxylation is 1. The van der Waals surface area contributed by atoms with Crippen molar-refractivity contribution in [1.29, 1.82) is 0 Å². The summed E-state index contributed by atoms with van der Waals surface area (Å²) in [6.45, 7) is 14.3. The van der Waals surface area contributed by atoms with E-state index in [4.69, 9.17) is 1.37 Å². The van der Waals surface area contributed by atoms with Gasteiger partial charge in [-0.15, -0.1) is 0 Å². The van der Waals surface area contributed by atoms with Crippen molar-refractivity contribution >= 4 is 0 Å². The van der Waals surface area contributed by atoms with E-state index in [0.717, 1.165) is 12.0 Å². The predicted molar refractivity (Wildman–Crippen MR) is 74.9 cm³/mol. The predicted octanol–water partition coefficient (Wildman–Crippen LogP) is 5.30. The molecule has 0 aliphatic rings. The van der Waals surface area contributed by atoms with Crippen molar-refractivity contribution in [2.24, 2.45) is 0 Å². The molecule has 1 radical (unpaired) electrons. The molecular formula is C16H27Y-. The average Bonchev–Trinajstić information content (AvgIpc) is 2.21. The van der Waals surface area contributed by atoms with Crippen LogP contribution in [0.15, 0.2) is 18.2 Å². The van der Waals surface area contributed by atoms with Crippen LogP contribution in [0.5, 0.6) is 0 Å². The van der Waals surface area contributed by atoms with Crippen molar-refractivity contribution in [3.63, 3.8) is 0 Å². The zero-order valence-electron chi connectivity index (χ0n) is 13.5. The third kappa shape index (κ3) is 7.37. The van der Waals surface area contributed by atoms with Crippen LogP contribution in [0.4, 0.5) is 0 Å². The molecule has 1 heteroatoms. The molecule has 1 rings (SSSR count). The Kier molecular flexibility index (Phi) is 10.5. The van der Waals surface area contributed by atoms with Crippen molar-refractivity contribution in [2.75, 3.05) is 0 Å². The molecule has 0 saturated heterocycles. The Hall–Kier alpha value is 0.324. The van der Waals surface area contributed by atoms with E-state index in [-0.39, 0.29) is 32.7 Å². The quantitative estimate of drug-likeness (QED) is 0.665. The molecule has 0 atom stereocenters. The third-order valence-electron chi connectivity index (χ3n) is 2.35. The maximum Gasteiger partial charge on any atom is 0.0347 e. The Labute approximate surface area is 135 Å². The molecule has 95 valence electrons. The summed E-state index contributed by atoms with van der Waals surface area (Å²) >= 11 is 0. The van der Waals surface area contributed by atoms with Crippen LogP contribution in [-0.2, 0) is 39.1 Å². The molecule has 0 saturated carbocycles. The van der Waals surface area contributed by atoms with E-state index in [0.29, 0.717) is 0 Å². The van der Waals surface area contributed by atoms with Crippen molar-refractivity contribution in [3.05, 3.63) is 40.8 Å². The summed E-state index contributed by atoms with van der Waals surface area (Å²) in [5.41, 5.74) is 3.69. The van der Waals surface area contributed by atoms with Crippen LogP contribution in [0.3, 0.4) is 0 Å². The van der Waals surface area contributed by atoms with E-state index in [1.807, 2.05) is 27.7 Å². The van der Waals surface area contributed by atoms with Gasteiger partial charge in [0.05, 0.1) is 0 Å². The molecule has 0 bridgehead atoms. The van der Waals surface area contributed by atoms with Crippen LogP contribution in [0.25, 0.3) is 0 Å². The van der Waals surface area contributed by atoms with E-state index >= 15 is 0 Å². The van der Waals surface area contributed by atoms with Crippen molar-refractivity contribution < 1.29 is 34.1 Å². The summed E-state index contributed by atoms with van der Waals surface area (Å²) in [7, 11) is 0. The van der Waals surface area contributed by atoms with Crippen LogP contribution < -0.4 is 0 Å². The van der Waals surface area contributed by atoms with Crippen molar-refractivity contribution in [1.82, 2.24) is 0 Å². The van der Waals surface area contributed by atoms with Gasteiger partial charge in [0.1, 0.15) is 0 Å². The first-order chi connectivity index (χ1) is 7.80. The van der Waals surface area contributed by atoms with Crippen LogP contribution >= 0.6 is 0 Å². The molecule has 0 unspecified atom stereocenters. The number of benzene rings is 1. The Balaban J connectivity index is 0. The molecule has 0 aromatic heterocycles. The standard InChI is InChI=1S/C14H21.C2H6.Y/c1-10(2)8-13-7-6-12(5)9-14(13)11(3)4;1-2;/h6-7,9,11H,8H2,1-5H3;1-2H3;/q-1;;/i11T;;.